The number of nitrogens with one attached hydrogen (secondary N) is 1. The first-order valence-electron chi connectivity index (χ1n) is 5.99. The minimum atomic E-state index is -1.24. The zero-order valence-corrected chi connectivity index (χ0v) is 9.94. The molecule has 0 aromatic rings. The van der Waals surface area contributed by atoms with Crippen molar-refractivity contribution >= 4 is 12.0 Å². The van der Waals surface area contributed by atoms with Gasteiger partial charge in [0.2, 0.25) is 0 Å². The highest BCUT2D eigenvalue weighted by molar-refractivity contribution is 5.87. The number of hydrogen-bond donors (Lipinski definition) is 2. The van der Waals surface area contributed by atoms with Crippen molar-refractivity contribution in [3.63, 3.8) is 0 Å². The number of carboxylic acids is 1. The van der Waals surface area contributed by atoms with Crippen molar-refractivity contribution in [3.05, 3.63) is 0 Å². The van der Waals surface area contributed by atoms with Crippen molar-refractivity contribution in [2.24, 2.45) is 0 Å². The summed E-state index contributed by atoms with van der Waals surface area (Å²) in [6.07, 6.45) is 2.35. The second kappa shape index (κ2) is 4.52. The van der Waals surface area contributed by atoms with E-state index in [2.05, 4.69) is 5.32 Å². The molecule has 1 saturated heterocycles. The van der Waals surface area contributed by atoms with Crippen LogP contribution >= 0.6 is 0 Å². The number of carboxylic acid groups (broad SMARTS) is 1. The van der Waals surface area contributed by atoms with Crippen LogP contribution in [0.15, 0.2) is 0 Å². The van der Waals surface area contributed by atoms with Crippen LogP contribution in [0.4, 0.5) is 4.79 Å². The molecule has 96 valence electrons. The lowest BCUT2D eigenvalue weighted by Gasteiger charge is -2.28. The number of urea groups is 1. The molecule has 17 heavy (non-hydrogen) atoms. The summed E-state index contributed by atoms with van der Waals surface area (Å²) < 4.78 is 5.10. The van der Waals surface area contributed by atoms with Crippen molar-refractivity contribution in [3.8, 4) is 0 Å². The predicted molar refractivity (Wildman–Crippen MR) is 59.7 cm³/mol. The number of nitrogens with zero attached hydrogens (tertiary/aromatic N) is 1. The van der Waals surface area contributed by atoms with Crippen molar-refractivity contribution in [1.82, 2.24) is 10.2 Å². The molecule has 1 aliphatic carbocycles. The van der Waals surface area contributed by atoms with E-state index in [1.165, 1.54) is 0 Å². The Morgan fingerprint density at radius 1 is 1.53 bits per heavy atom. The van der Waals surface area contributed by atoms with Gasteiger partial charge in [-0.25, -0.2) is 9.59 Å². The smallest absolute Gasteiger partial charge is 0.332 e. The summed E-state index contributed by atoms with van der Waals surface area (Å²) >= 11 is 0. The van der Waals surface area contributed by atoms with Gasteiger partial charge in [0.05, 0.1) is 6.61 Å². The van der Waals surface area contributed by atoms with Gasteiger partial charge in [0.25, 0.3) is 0 Å². The molecule has 0 radical (unpaired) electrons. The molecule has 2 N–H and O–H groups in total. The monoisotopic (exact) mass is 242 g/mol. The molecule has 1 atom stereocenters. The first kappa shape index (κ1) is 12.2. The number of aliphatic carboxylic acids is 1. The molecular weight excluding hydrogens is 224 g/mol. The summed E-state index contributed by atoms with van der Waals surface area (Å²) in [7, 11) is 0. The van der Waals surface area contributed by atoms with Crippen LogP contribution in [0.2, 0.25) is 0 Å². The van der Waals surface area contributed by atoms with Gasteiger partial charge in [0.1, 0.15) is 0 Å². The van der Waals surface area contributed by atoms with Crippen LogP contribution in [0.3, 0.4) is 0 Å². The van der Waals surface area contributed by atoms with Crippen LogP contribution in [0.25, 0.3) is 0 Å². The maximum atomic E-state index is 12.0. The molecule has 2 aliphatic rings. The largest absolute Gasteiger partial charge is 0.479 e. The minimum Gasteiger partial charge on any atom is -0.479 e. The zero-order chi connectivity index (χ0) is 12.5. The highest BCUT2D eigenvalue weighted by atomic mass is 16.5. The van der Waals surface area contributed by atoms with Gasteiger partial charge in [0, 0.05) is 25.6 Å². The highest BCUT2D eigenvalue weighted by Crippen LogP contribution is 2.27. The van der Waals surface area contributed by atoms with Crippen LogP contribution < -0.4 is 5.32 Å². The molecule has 0 bridgehead atoms. The Bertz CT molecular complexity index is 321. The van der Waals surface area contributed by atoms with Crippen LogP contribution in [0, 0.1) is 0 Å². The lowest BCUT2D eigenvalue weighted by atomic mass is 9.99. The van der Waals surface area contributed by atoms with E-state index < -0.39 is 11.5 Å². The quantitative estimate of drug-likeness (QED) is 0.749. The molecule has 2 fully saturated rings. The molecule has 1 unspecified atom stereocenters. The topological polar surface area (TPSA) is 78.9 Å². The van der Waals surface area contributed by atoms with E-state index in [4.69, 9.17) is 4.74 Å². The van der Waals surface area contributed by atoms with E-state index in [1.54, 1.807) is 4.90 Å². The number of rotatable bonds is 4. The average molecular weight is 242 g/mol. The van der Waals surface area contributed by atoms with Gasteiger partial charge in [-0.2, -0.15) is 0 Å². The van der Waals surface area contributed by atoms with Gasteiger partial charge < -0.3 is 20.1 Å². The standard InChI is InChI=1S/C11H18N2O4/c1-2-13(8-3-4-8)10(16)12-11(9(14)15)5-6-17-7-11/h8H,2-7H2,1H3,(H,12,16)(H,14,15). The first-order valence-corrected chi connectivity index (χ1v) is 5.99. The predicted octanol–water partition coefficient (Wildman–Crippen LogP) is 0.424. The maximum absolute atomic E-state index is 12.0. The summed E-state index contributed by atoms with van der Waals surface area (Å²) in [4.78, 5) is 25.0. The van der Waals surface area contributed by atoms with Crippen molar-refractivity contribution in [2.75, 3.05) is 19.8 Å². The molecular formula is C11H18N2O4. The van der Waals surface area contributed by atoms with Crippen LogP contribution in [-0.2, 0) is 9.53 Å². The summed E-state index contributed by atoms with van der Waals surface area (Å²) in [6, 6.07) is -0.00364. The Hall–Kier alpha value is -1.30. The Kier molecular flexibility index (Phi) is 3.24. The highest BCUT2D eigenvalue weighted by Gasteiger charge is 2.45. The van der Waals surface area contributed by atoms with E-state index >= 15 is 0 Å². The van der Waals surface area contributed by atoms with Gasteiger partial charge in [-0.3, -0.25) is 0 Å². The molecule has 0 aromatic heterocycles. The fraction of sp³-hybridized carbons (Fsp3) is 0.818. The summed E-state index contributed by atoms with van der Waals surface area (Å²) in [5.74, 6) is -1.02. The lowest BCUT2D eigenvalue weighted by molar-refractivity contribution is -0.144. The van der Waals surface area contributed by atoms with Crippen LogP contribution in [0.5, 0.6) is 0 Å². The number of carbonyl (C=O) groups excluding carboxylic acids is 1. The van der Waals surface area contributed by atoms with Crippen molar-refractivity contribution in [1.29, 1.82) is 0 Å². The van der Waals surface area contributed by atoms with Crippen LogP contribution in [-0.4, -0.2) is 53.3 Å². The minimum absolute atomic E-state index is 0.0519. The summed E-state index contributed by atoms with van der Waals surface area (Å²) in [5, 5.41) is 11.8. The average Bonchev–Trinajstić information content (AvgIpc) is 2.98. The van der Waals surface area contributed by atoms with Gasteiger partial charge in [-0.05, 0) is 19.8 Å². The molecule has 0 aromatic carbocycles. The Balaban J connectivity index is 2.02. The Labute approximate surface area is 99.9 Å². The summed E-state index contributed by atoms with van der Waals surface area (Å²) in [5.41, 5.74) is -1.24. The molecule has 0 spiro atoms. The third-order valence-corrected chi connectivity index (χ3v) is 3.37. The van der Waals surface area contributed by atoms with E-state index in [9.17, 15) is 14.7 Å². The first-order chi connectivity index (χ1) is 8.09. The van der Waals surface area contributed by atoms with Gasteiger partial charge >= 0.3 is 12.0 Å². The Morgan fingerprint density at radius 2 is 2.24 bits per heavy atom. The third-order valence-electron chi connectivity index (χ3n) is 3.37. The van der Waals surface area contributed by atoms with Gasteiger partial charge in [-0.15, -0.1) is 0 Å². The molecule has 1 heterocycles. The van der Waals surface area contributed by atoms with Crippen molar-refractivity contribution in [2.45, 2.75) is 37.8 Å². The van der Waals surface area contributed by atoms with E-state index in [1.807, 2.05) is 6.92 Å². The molecule has 2 amide bonds. The molecule has 2 rings (SSSR count). The second-order valence-corrected chi connectivity index (χ2v) is 4.64. The van der Waals surface area contributed by atoms with E-state index in [-0.39, 0.29) is 18.7 Å². The fourth-order valence-electron chi connectivity index (χ4n) is 2.12. The molecule has 6 heteroatoms. The van der Waals surface area contributed by atoms with Gasteiger partial charge in [0.15, 0.2) is 5.54 Å². The fourth-order valence-corrected chi connectivity index (χ4v) is 2.12. The third kappa shape index (κ3) is 2.36. The second-order valence-electron chi connectivity index (χ2n) is 4.64. The number of hydrogen-bond acceptors (Lipinski definition) is 3. The number of ether oxygens (including phenoxy) is 1. The molecule has 6 nitrogen and oxygen atoms in total. The summed E-state index contributed by atoms with van der Waals surface area (Å²) in [6.45, 7) is 2.93. The molecule has 1 saturated carbocycles. The van der Waals surface area contributed by atoms with E-state index in [0.29, 0.717) is 19.6 Å². The zero-order valence-electron chi connectivity index (χ0n) is 9.94. The number of amides is 2. The van der Waals surface area contributed by atoms with E-state index in [0.717, 1.165) is 12.8 Å². The Morgan fingerprint density at radius 3 is 2.65 bits per heavy atom. The van der Waals surface area contributed by atoms with Crippen LogP contribution in [0.1, 0.15) is 26.2 Å². The normalized spacial score (nSPS) is 27.8. The lowest BCUT2D eigenvalue weighted by Crippen LogP contribution is -2.58. The number of carbonyl (C=O) groups is 2. The maximum Gasteiger partial charge on any atom is 0.332 e. The van der Waals surface area contributed by atoms with Gasteiger partial charge in [-0.1, -0.05) is 0 Å². The SMILES string of the molecule is CCN(C(=O)NC1(C(=O)O)CCOC1)C1CC1. The molecule has 1 aliphatic heterocycles. The van der Waals surface area contributed by atoms with Crippen molar-refractivity contribution < 1.29 is 19.4 Å².